The van der Waals surface area contributed by atoms with Crippen LogP contribution in [0.15, 0.2) is 54.7 Å². The van der Waals surface area contributed by atoms with Crippen LogP contribution in [0, 0.1) is 5.82 Å². The zero-order valence-electron chi connectivity index (χ0n) is 14.4. The molecule has 3 aromatic rings. The van der Waals surface area contributed by atoms with Crippen LogP contribution in [0.4, 0.5) is 10.1 Å². The fourth-order valence-corrected chi connectivity index (χ4v) is 2.52. The molecule has 1 N–H and O–H groups in total. The van der Waals surface area contributed by atoms with Gasteiger partial charge >= 0.3 is 0 Å². The Kier molecular flexibility index (Phi) is 5.76. The van der Waals surface area contributed by atoms with Crippen molar-refractivity contribution in [1.29, 1.82) is 0 Å². The molecule has 0 bridgehead atoms. The van der Waals surface area contributed by atoms with Crippen molar-refractivity contribution in [2.75, 3.05) is 25.6 Å². The molecule has 5 nitrogen and oxygen atoms in total. The largest absolute Gasteiger partial charge is 0.490 e. The van der Waals surface area contributed by atoms with Gasteiger partial charge in [0, 0.05) is 37.3 Å². The van der Waals surface area contributed by atoms with Gasteiger partial charge in [-0.3, -0.25) is 9.78 Å². The Morgan fingerprint density at radius 3 is 2.88 bits per heavy atom. The lowest BCUT2D eigenvalue weighted by atomic mass is 10.1. The molecule has 0 aliphatic carbocycles. The van der Waals surface area contributed by atoms with Crippen molar-refractivity contribution in [3.63, 3.8) is 0 Å². The third-order valence-electron chi connectivity index (χ3n) is 3.83. The van der Waals surface area contributed by atoms with E-state index in [2.05, 4.69) is 10.3 Å². The second kappa shape index (κ2) is 8.40. The molecule has 0 radical (unpaired) electrons. The molecule has 6 heteroatoms. The number of carbonyl (C=O) groups is 1. The maximum absolute atomic E-state index is 14.5. The summed E-state index contributed by atoms with van der Waals surface area (Å²) >= 11 is 0. The average molecular weight is 354 g/mol. The van der Waals surface area contributed by atoms with E-state index in [-0.39, 0.29) is 11.4 Å². The van der Waals surface area contributed by atoms with Crippen molar-refractivity contribution >= 4 is 22.5 Å². The van der Waals surface area contributed by atoms with Crippen molar-refractivity contribution in [2.45, 2.75) is 6.42 Å². The van der Waals surface area contributed by atoms with E-state index in [4.69, 9.17) is 9.47 Å². The molecule has 1 heterocycles. The number of ether oxygens (including phenoxy) is 2. The maximum atomic E-state index is 14.5. The van der Waals surface area contributed by atoms with Crippen LogP contribution in [0.5, 0.6) is 5.75 Å². The van der Waals surface area contributed by atoms with Gasteiger partial charge in [0.1, 0.15) is 0 Å². The molecular weight excluding hydrogens is 335 g/mol. The van der Waals surface area contributed by atoms with Gasteiger partial charge in [0.25, 0.3) is 5.91 Å². The second-order valence-corrected chi connectivity index (χ2v) is 5.68. The first-order chi connectivity index (χ1) is 12.7. The van der Waals surface area contributed by atoms with E-state index in [0.717, 1.165) is 10.9 Å². The summed E-state index contributed by atoms with van der Waals surface area (Å²) in [6.07, 6.45) is 2.34. The Balaban J connectivity index is 1.73. The highest BCUT2D eigenvalue weighted by Gasteiger charge is 2.13. The third-order valence-corrected chi connectivity index (χ3v) is 3.83. The third kappa shape index (κ3) is 4.15. The van der Waals surface area contributed by atoms with Gasteiger partial charge in [-0.1, -0.05) is 12.1 Å². The van der Waals surface area contributed by atoms with E-state index in [1.807, 2.05) is 6.07 Å². The highest BCUT2D eigenvalue weighted by Crippen LogP contribution is 2.25. The van der Waals surface area contributed by atoms with Gasteiger partial charge in [0.2, 0.25) is 0 Å². The summed E-state index contributed by atoms with van der Waals surface area (Å²) in [7, 11) is 1.60. The number of hydrogen-bond donors (Lipinski definition) is 1. The molecule has 0 aliphatic rings. The molecule has 1 aromatic heterocycles. The number of halogens is 1. The highest BCUT2D eigenvalue weighted by molar-refractivity contribution is 6.06. The Morgan fingerprint density at radius 2 is 2.04 bits per heavy atom. The van der Waals surface area contributed by atoms with E-state index in [9.17, 15) is 9.18 Å². The predicted octanol–water partition coefficient (Wildman–Crippen LogP) is 4.04. The zero-order valence-corrected chi connectivity index (χ0v) is 14.4. The van der Waals surface area contributed by atoms with Crippen LogP contribution < -0.4 is 10.1 Å². The summed E-state index contributed by atoms with van der Waals surface area (Å²) in [5.41, 5.74) is 1.29. The number of hydrogen-bond acceptors (Lipinski definition) is 4. The number of nitrogens with zero attached hydrogens (tertiary/aromatic N) is 1. The van der Waals surface area contributed by atoms with Gasteiger partial charge in [0.05, 0.1) is 17.8 Å². The van der Waals surface area contributed by atoms with E-state index in [0.29, 0.717) is 25.2 Å². The summed E-state index contributed by atoms with van der Waals surface area (Å²) in [5, 5.41) is 3.44. The van der Waals surface area contributed by atoms with Crippen LogP contribution in [0.25, 0.3) is 10.9 Å². The summed E-state index contributed by atoms with van der Waals surface area (Å²) in [4.78, 5) is 16.7. The molecule has 26 heavy (non-hydrogen) atoms. The number of fused-ring (bicyclic) bond motifs is 1. The van der Waals surface area contributed by atoms with E-state index < -0.39 is 11.7 Å². The number of anilines is 1. The number of aromatic nitrogens is 1. The van der Waals surface area contributed by atoms with Gasteiger partial charge in [-0.05, 0) is 36.4 Å². The number of amides is 1. The second-order valence-electron chi connectivity index (χ2n) is 5.68. The van der Waals surface area contributed by atoms with Gasteiger partial charge in [-0.15, -0.1) is 0 Å². The molecule has 0 unspecified atom stereocenters. The first kappa shape index (κ1) is 17.8. The normalized spacial score (nSPS) is 10.7. The number of carbonyl (C=O) groups excluding carboxylic acids is 1. The number of pyridine rings is 1. The number of benzene rings is 2. The lowest BCUT2D eigenvalue weighted by Gasteiger charge is -2.11. The van der Waals surface area contributed by atoms with Gasteiger partial charge in [-0.2, -0.15) is 0 Å². The molecule has 3 rings (SSSR count). The fourth-order valence-electron chi connectivity index (χ4n) is 2.52. The minimum absolute atomic E-state index is 0.0746. The topological polar surface area (TPSA) is 60.5 Å². The van der Waals surface area contributed by atoms with Gasteiger partial charge in [-0.25, -0.2) is 4.39 Å². The van der Waals surface area contributed by atoms with Gasteiger partial charge in [0.15, 0.2) is 11.6 Å². The smallest absolute Gasteiger partial charge is 0.255 e. The Labute approximate surface area is 150 Å². The zero-order chi connectivity index (χ0) is 18.4. The molecule has 0 atom stereocenters. The van der Waals surface area contributed by atoms with Crippen molar-refractivity contribution in [2.24, 2.45) is 0 Å². The Morgan fingerprint density at radius 1 is 1.15 bits per heavy atom. The molecule has 0 saturated carbocycles. The van der Waals surface area contributed by atoms with E-state index in [1.54, 1.807) is 43.6 Å². The minimum Gasteiger partial charge on any atom is -0.490 e. The summed E-state index contributed by atoms with van der Waals surface area (Å²) < 4.78 is 24.9. The molecule has 2 aromatic carbocycles. The molecule has 0 aliphatic heterocycles. The first-order valence-electron chi connectivity index (χ1n) is 8.25. The van der Waals surface area contributed by atoms with Crippen molar-refractivity contribution in [3.05, 3.63) is 66.1 Å². The first-order valence-corrected chi connectivity index (χ1v) is 8.25. The fraction of sp³-hybridized carbons (Fsp3) is 0.200. The van der Waals surface area contributed by atoms with E-state index in [1.165, 1.54) is 12.1 Å². The summed E-state index contributed by atoms with van der Waals surface area (Å²) in [6.45, 7) is 0.870. The summed E-state index contributed by atoms with van der Waals surface area (Å²) in [5.74, 6) is -0.895. The van der Waals surface area contributed by atoms with Crippen molar-refractivity contribution in [1.82, 2.24) is 4.98 Å². The Bertz CT molecular complexity index is 914. The standard InChI is InChI=1S/C20H19FN2O3/c1-25-11-4-12-26-18-7-2-6-17(19(18)21)23-20(24)15-8-9-16-14(13-15)5-3-10-22-16/h2-3,5-10,13H,4,11-12H2,1H3,(H,23,24). The molecule has 0 spiro atoms. The van der Waals surface area contributed by atoms with Crippen LogP contribution in [-0.4, -0.2) is 31.2 Å². The van der Waals surface area contributed by atoms with Crippen LogP contribution in [-0.2, 0) is 4.74 Å². The predicted molar refractivity (Wildman–Crippen MR) is 98.1 cm³/mol. The average Bonchev–Trinajstić information content (AvgIpc) is 2.67. The van der Waals surface area contributed by atoms with Crippen molar-refractivity contribution in [3.8, 4) is 5.75 Å². The lowest BCUT2D eigenvalue weighted by Crippen LogP contribution is -2.13. The van der Waals surface area contributed by atoms with Gasteiger partial charge < -0.3 is 14.8 Å². The highest BCUT2D eigenvalue weighted by atomic mass is 19.1. The number of methoxy groups -OCH3 is 1. The SMILES string of the molecule is COCCCOc1cccc(NC(=O)c2ccc3ncccc3c2)c1F. The monoisotopic (exact) mass is 354 g/mol. The van der Waals surface area contributed by atoms with Crippen LogP contribution in [0.1, 0.15) is 16.8 Å². The Hall–Kier alpha value is -2.99. The molecule has 1 amide bonds. The summed E-state index contributed by atoms with van der Waals surface area (Å²) in [6, 6.07) is 13.5. The van der Waals surface area contributed by atoms with Crippen LogP contribution >= 0.6 is 0 Å². The maximum Gasteiger partial charge on any atom is 0.255 e. The molecule has 0 saturated heterocycles. The van der Waals surface area contributed by atoms with Crippen LogP contribution in [0.2, 0.25) is 0 Å². The minimum atomic E-state index is -0.597. The van der Waals surface area contributed by atoms with Crippen molar-refractivity contribution < 1.29 is 18.7 Å². The van der Waals surface area contributed by atoms with Crippen LogP contribution in [0.3, 0.4) is 0 Å². The quantitative estimate of drug-likeness (QED) is 0.651. The molecule has 134 valence electrons. The lowest BCUT2D eigenvalue weighted by molar-refractivity contribution is 0.102. The molecule has 0 fully saturated rings. The molecular formula is C20H19FN2O3. The number of rotatable bonds is 7. The van der Waals surface area contributed by atoms with E-state index >= 15 is 0 Å². The number of nitrogens with one attached hydrogen (secondary N) is 1.